The van der Waals surface area contributed by atoms with Gasteiger partial charge in [-0.3, -0.25) is 0 Å². The molecular weight excluding hydrogens is 332 g/mol. The molecule has 0 aliphatic heterocycles. The predicted molar refractivity (Wildman–Crippen MR) is 114 cm³/mol. The lowest BCUT2D eigenvalue weighted by molar-refractivity contribution is 0.450. The normalized spacial score (nSPS) is 12.5. The number of hydrogen-bond acceptors (Lipinski definition) is 2. The molecule has 1 atom stereocenters. The molecule has 138 valence electrons. The number of hydrogen-bond donors (Lipinski definition) is 0. The smallest absolute Gasteiger partial charge is 0.343 e. The molecule has 3 rings (SSSR count). The molecule has 0 N–H and O–H groups in total. The third-order valence-electron chi connectivity index (χ3n) is 4.87. The van der Waals surface area contributed by atoms with Crippen LogP contribution in [-0.2, 0) is 6.42 Å². The summed E-state index contributed by atoms with van der Waals surface area (Å²) in [5.41, 5.74) is 2.03. The third-order valence-corrected chi connectivity index (χ3v) is 4.87. The number of benzene rings is 2. The first kappa shape index (κ1) is 18.9. The molecule has 0 aliphatic carbocycles. The van der Waals surface area contributed by atoms with Gasteiger partial charge in [0.2, 0.25) is 0 Å². The van der Waals surface area contributed by atoms with Crippen molar-refractivity contribution in [2.75, 3.05) is 0 Å². The maximum atomic E-state index is 12.4. The lowest BCUT2D eigenvalue weighted by atomic mass is 9.89. The summed E-state index contributed by atoms with van der Waals surface area (Å²) in [5.74, 6) is 0.907. The summed E-state index contributed by atoms with van der Waals surface area (Å²) in [6.07, 6.45) is 9.91. The van der Waals surface area contributed by atoms with E-state index in [-0.39, 0.29) is 11.5 Å². The highest BCUT2D eigenvalue weighted by Crippen LogP contribution is 2.32. The molecule has 1 aromatic heterocycles. The molecule has 0 radical (unpaired) electrons. The molecule has 0 fully saturated rings. The summed E-state index contributed by atoms with van der Waals surface area (Å²) in [5, 5.41) is 1.63. The van der Waals surface area contributed by atoms with Crippen molar-refractivity contribution in [3.05, 3.63) is 101 Å². The molecule has 27 heavy (non-hydrogen) atoms. The summed E-state index contributed by atoms with van der Waals surface area (Å²) in [6, 6.07) is 18.0. The Bertz CT molecular complexity index is 980. The molecule has 0 spiro atoms. The summed E-state index contributed by atoms with van der Waals surface area (Å²) >= 11 is 0. The van der Waals surface area contributed by atoms with Crippen molar-refractivity contribution >= 4 is 16.8 Å². The van der Waals surface area contributed by atoms with Gasteiger partial charge in [-0.05, 0) is 29.9 Å². The summed E-state index contributed by atoms with van der Waals surface area (Å²) < 4.78 is 5.74. The van der Waals surface area contributed by atoms with Crippen LogP contribution in [0.3, 0.4) is 0 Å². The van der Waals surface area contributed by atoms with Crippen molar-refractivity contribution in [2.24, 2.45) is 0 Å². The SMILES string of the molecule is C=CC(C/C=C/c1ccccc1)c1c(CCCC)oc(=O)c2ccccc12. The Morgan fingerprint density at radius 3 is 2.44 bits per heavy atom. The van der Waals surface area contributed by atoms with E-state index in [0.717, 1.165) is 42.4 Å². The van der Waals surface area contributed by atoms with Crippen LogP contribution in [0, 0.1) is 0 Å². The molecule has 2 nitrogen and oxygen atoms in total. The van der Waals surface area contributed by atoms with Crippen LogP contribution in [-0.4, -0.2) is 0 Å². The Balaban J connectivity index is 2.00. The quantitative estimate of drug-likeness (QED) is 0.430. The van der Waals surface area contributed by atoms with Crippen molar-refractivity contribution < 1.29 is 4.42 Å². The highest BCUT2D eigenvalue weighted by atomic mass is 16.4. The minimum Gasteiger partial charge on any atom is -0.427 e. The zero-order chi connectivity index (χ0) is 19.1. The van der Waals surface area contributed by atoms with Gasteiger partial charge in [0, 0.05) is 17.9 Å². The molecular formula is C25H26O2. The fourth-order valence-corrected chi connectivity index (χ4v) is 3.44. The van der Waals surface area contributed by atoms with Crippen LogP contribution in [0.2, 0.25) is 0 Å². The highest BCUT2D eigenvalue weighted by molar-refractivity contribution is 5.85. The van der Waals surface area contributed by atoms with E-state index < -0.39 is 0 Å². The Morgan fingerprint density at radius 1 is 1.04 bits per heavy atom. The Hall–Kier alpha value is -2.87. The number of unbranched alkanes of at least 4 members (excludes halogenated alkanes) is 1. The lowest BCUT2D eigenvalue weighted by Crippen LogP contribution is -2.09. The van der Waals surface area contributed by atoms with Crippen LogP contribution in [0.1, 0.15) is 49.0 Å². The van der Waals surface area contributed by atoms with E-state index in [0.29, 0.717) is 5.39 Å². The molecule has 2 aromatic carbocycles. The minimum atomic E-state index is -0.247. The summed E-state index contributed by atoms with van der Waals surface area (Å²) in [4.78, 5) is 12.4. The molecule has 1 unspecified atom stereocenters. The maximum Gasteiger partial charge on any atom is 0.343 e. The van der Waals surface area contributed by atoms with E-state index >= 15 is 0 Å². The number of rotatable bonds is 8. The molecule has 0 bridgehead atoms. The van der Waals surface area contributed by atoms with E-state index in [1.54, 1.807) is 0 Å². The summed E-state index contributed by atoms with van der Waals surface area (Å²) in [6.45, 7) is 6.21. The first-order valence-corrected chi connectivity index (χ1v) is 9.63. The standard InChI is InChI=1S/C25H26O2/c1-3-5-18-23-24(21-16-9-10-17-22(21)25(26)27-23)20(4-2)15-11-14-19-12-7-6-8-13-19/h4,6-14,16-17,20H,2-3,5,15,18H2,1H3/b14-11+. The molecule has 0 saturated heterocycles. The molecule has 0 saturated carbocycles. The van der Waals surface area contributed by atoms with Crippen LogP contribution >= 0.6 is 0 Å². The fraction of sp³-hybridized carbons (Fsp3) is 0.240. The van der Waals surface area contributed by atoms with Crippen molar-refractivity contribution in [3.63, 3.8) is 0 Å². The third kappa shape index (κ3) is 4.46. The van der Waals surface area contributed by atoms with E-state index in [9.17, 15) is 4.79 Å². The van der Waals surface area contributed by atoms with Crippen LogP contribution in [0.4, 0.5) is 0 Å². The monoisotopic (exact) mass is 358 g/mol. The first-order chi connectivity index (χ1) is 13.2. The second-order valence-electron chi connectivity index (χ2n) is 6.77. The minimum absolute atomic E-state index is 0.103. The molecule has 2 heteroatoms. The van der Waals surface area contributed by atoms with Crippen LogP contribution in [0.15, 0.2) is 82.5 Å². The number of fused-ring (bicyclic) bond motifs is 1. The number of allylic oxidation sites excluding steroid dienone is 2. The van der Waals surface area contributed by atoms with E-state index in [1.807, 2.05) is 48.5 Å². The largest absolute Gasteiger partial charge is 0.427 e. The van der Waals surface area contributed by atoms with E-state index in [1.165, 1.54) is 5.56 Å². The topological polar surface area (TPSA) is 30.2 Å². The van der Waals surface area contributed by atoms with Gasteiger partial charge in [0.15, 0.2) is 0 Å². The van der Waals surface area contributed by atoms with Crippen molar-refractivity contribution in [1.29, 1.82) is 0 Å². The van der Waals surface area contributed by atoms with Gasteiger partial charge in [0.05, 0.1) is 5.39 Å². The molecule has 1 heterocycles. The predicted octanol–water partition coefficient (Wildman–Crippen LogP) is 6.51. The van der Waals surface area contributed by atoms with Crippen LogP contribution < -0.4 is 5.63 Å². The van der Waals surface area contributed by atoms with Crippen LogP contribution in [0.5, 0.6) is 0 Å². The first-order valence-electron chi connectivity index (χ1n) is 9.63. The Labute approximate surface area is 160 Å². The number of aryl methyl sites for hydroxylation is 1. The van der Waals surface area contributed by atoms with Crippen molar-refractivity contribution in [2.45, 2.75) is 38.5 Å². The Kier molecular flexibility index (Phi) is 6.43. The highest BCUT2D eigenvalue weighted by Gasteiger charge is 2.19. The lowest BCUT2D eigenvalue weighted by Gasteiger charge is -2.17. The molecule has 0 aliphatic rings. The van der Waals surface area contributed by atoms with Gasteiger partial charge in [-0.15, -0.1) is 6.58 Å². The van der Waals surface area contributed by atoms with Gasteiger partial charge in [0.1, 0.15) is 5.76 Å². The van der Waals surface area contributed by atoms with Gasteiger partial charge >= 0.3 is 5.63 Å². The second-order valence-corrected chi connectivity index (χ2v) is 6.77. The van der Waals surface area contributed by atoms with Gasteiger partial charge in [-0.1, -0.05) is 80.1 Å². The average molecular weight is 358 g/mol. The van der Waals surface area contributed by atoms with Gasteiger partial charge in [0.25, 0.3) is 0 Å². The van der Waals surface area contributed by atoms with Gasteiger partial charge in [-0.25, -0.2) is 4.79 Å². The Morgan fingerprint density at radius 2 is 1.74 bits per heavy atom. The van der Waals surface area contributed by atoms with Crippen molar-refractivity contribution in [3.8, 4) is 0 Å². The fourth-order valence-electron chi connectivity index (χ4n) is 3.44. The van der Waals surface area contributed by atoms with Crippen LogP contribution in [0.25, 0.3) is 16.8 Å². The molecule has 3 aromatic rings. The zero-order valence-corrected chi connectivity index (χ0v) is 15.9. The maximum absolute atomic E-state index is 12.4. The molecule has 0 amide bonds. The van der Waals surface area contributed by atoms with E-state index in [4.69, 9.17) is 4.42 Å². The zero-order valence-electron chi connectivity index (χ0n) is 15.9. The average Bonchev–Trinajstić information content (AvgIpc) is 2.71. The van der Waals surface area contributed by atoms with Crippen molar-refractivity contribution in [1.82, 2.24) is 0 Å². The van der Waals surface area contributed by atoms with Gasteiger partial charge < -0.3 is 4.42 Å². The summed E-state index contributed by atoms with van der Waals surface area (Å²) in [7, 11) is 0. The van der Waals surface area contributed by atoms with E-state index in [2.05, 4.69) is 37.8 Å². The van der Waals surface area contributed by atoms with Gasteiger partial charge in [-0.2, -0.15) is 0 Å². The second kappa shape index (κ2) is 9.18.